The second kappa shape index (κ2) is 8.54. The highest BCUT2D eigenvalue weighted by molar-refractivity contribution is 6.21. The molecule has 2 aromatic carbocycles. The van der Waals surface area contributed by atoms with E-state index < -0.39 is 11.8 Å². The first-order valence-electron chi connectivity index (χ1n) is 8.09. The van der Waals surface area contributed by atoms with E-state index in [1.54, 1.807) is 30.3 Å². The minimum absolute atomic E-state index is 0.231. The van der Waals surface area contributed by atoms with Crippen molar-refractivity contribution in [2.45, 2.75) is 13.8 Å². The highest BCUT2D eigenvalue weighted by Gasteiger charge is 2.24. The lowest BCUT2D eigenvalue weighted by Gasteiger charge is -2.19. The van der Waals surface area contributed by atoms with Gasteiger partial charge in [-0.25, -0.2) is 4.90 Å². The number of carbonyl (C=O) groups is 2. The minimum Gasteiger partial charge on any atom is -0.495 e. The molecule has 2 amide bonds. The Bertz CT molecular complexity index is 927. The molecule has 0 unspecified atom stereocenters. The number of amides is 2. The summed E-state index contributed by atoms with van der Waals surface area (Å²) in [6.07, 6.45) is 1.26. The number of carbonyl (C=O) groups excluding carboxylic acids is 2. The highest BCUT2D eigenvalue weighted by Crippen LogP contribution is 2.26. The normalized spacial score (nSPS) is 10.7. The molecule has 27 heavy (non-hydrogen) atoms. The van der Waals surface area contributed by atoms with E-state index in [2.05, 4.69) is 5.32 Å². The Balaban J connectivity index is 2.34. The number of anilines is 3. The zero-order valence-electron chi connectivity index (χ0n) is 15.3. The fourth-order valence-electron chi connectivity index (χ4n) is 2.41. The van der Waals surface area contributed by atoms with Crippen molar-refractivity contribution in [3.8, 4) is 11.8 Å². The number of rotatable bonds is 5. The maximum atomic E-state index is 12.8. The number of methoxy groups -OCH3 is 1. The zero-order chi connectivity index (χ0) is 20.0. The number of hydrogen-bond donors (Lipinski definition) is 2. The Hall–Kier alpha value is -3.79. The largest absolute Gasteiger partial charge is 0.495 e. The second-order valence-corrected chi connectivity index (χ2v) is 5.77. The van der Waals surface area contributed by atoms with Gasteiger partial charge in [0.1, 0.15) is 17.4 Å². The van der Waals surface area contributed by atoms with Crippen LogP contribution in [0, 0.1) is 18.3 Å². The Morgan fingerprint density at radius 1 is 1.22 bits per heavy atom. The van der Waals surface area contributed by atoms with Crippen LogP contribution in [-0.4, -0.2) is 18.9 Å². The predicted octanol–water partition coefficient (Wildman–Crippen LogP) is 2.98. The minimum atomic E-state index is -0.742. The van der Waals surface area contributed by atoms with Gasteiger partial charge in [0.05, 0.1) is 18.5 Å². The molecule has 138 valence electrons. The van der Waals surface area contributed by atoms with Gasteiger partial charge in [-0.1, -0.05) is 6.07 Å². The molecule has 0 bridgehead atoms. The van der Waals surface area contributed by atoms with Crippen molar-refractivity contribution in [2.75, 3.05) is 23.1 Å². The molecule has 7 heteroatoms. The predicted molar refractivity (Wildman–Crippen MR) is 104 cm³/mol. The number of nitrogens with two attached hydrogens (primary N) is 1. The Morgan fingerprint density at radius 3 is 2.44 bits per heavy atom. The molecule has 2 rings (SSSR count). The molecule has 7 nitrogen and oxygen atoms in total. The van der Waals surface area contributed by atoms with E-state index in [9.17, 15) is 14.9 Å². The van der Waals surface area contributed by atoms with E-state index >= 15 is 0 Å². The van der Waals surface area contributed by atoms with Gasteiger partial charge < -0.3 is 15.8 Å². The Morgan fingerprint density at radius 2 is 1.89 bits per heavy atom. The van der Waals surface area contributed by atoms with Gasteiger partial charge in [-0.2, -0.15) is 5.26 Å². The van der Waals surface area contributed by atoms with Crippen molar-refractivity contribution >= 4 is 28.9 Å². The number of hydrogen-bond acceptors (Lipinski definition) is 6. The molecule has 0 saturated carbocycles. The molecule has 0 spiro atoms. The third-order valence-corrected chi connectivity index (χ3v) is 3.75. The molecule has 0 heterocycles. The van der Waals surface area contributed by atoms with Crippen molar-refractivity contribution < 1.29 is 14.3 Å². The molecule has 0 saturated heterocycles. The number of aryl methyl sites for hydroxylation is 1. The van der Waals surface area contributed by atoms with E-state index in [1.165, 1.54) is 20.2 Å². The van der Waals surface area contributed by atoms with Gasteiger partial charge in [0.15, 0.2) is 0 Å². The quantitative estimate of drug-likeness (QED) is 0.480. The fourth-order valence-corrected chi connectivity index (χ4v) is 2.41. The highest BCUT2D eigenvalue weighted by atomic mass is 16.5. The van der Waals surface area contributed by atoms with Gasteiger partial charge in [-0.05, 0) is 48.9 Å². The summed E-state index contributed by atoms with van der Waals surface area (Å²) in [7, 11) is 1.52. The van der Waals surface area contributed by atoms with Crippen LogP contribution in [0.1, 0.15) is 12.5 Å². The van der Waals surface area contributed by atoms with Gasteiger partial charge in [0.25, 0.3) is 5.91 Å². The maximum absolute atomic E-state index is 12.8. The van der Waals surface area contributed by atoms with E-state index in [0.717, 1.165) is 10.5 Å². The number of nitrogens with one attached hydrogen (secondary N) is 1. The summed E-state index contributed by atoms with van der Waals surface area (Å²) in [5, 5.41) is 12.3. The van der Waals surface area contributed by atoms with Crippen LogP contribution in [0.3, 0.4) is 0 Å². The van der Waals surface area contributed by atoms with Crippen molar-refractivity contribution in [2.24, 2.45) is 0 Å². The number of nitrogens with zero attached hydrogens (tertiary/aromatic N) is 2. The monoisotopic (exact) mass is 364 g/mol. The number of nitrogen functional groups attached to an aromatic ring is 1. The summed E-state index contributed by atoms with van der Waals surface area (Å²) >= 11 is 0. The van der Waals surface area contributed by atoms with Crippen molar-refractivity contribution in [3.05, 3.63) is 59.8 Å². The van der Waals surface area contributed by atoms with Crippen LogP contribution in [-0.2, 0) is 9.59 Å². The molecule has 2 aromatic rings. The molecule has 0 aromatic heterocycles. The van der Waals surface area contributed by atoms with Gasteiger partial charge in [0.2, 0.25) is 5.91 Å². The number of ether oxygens (including phenoxy) is 1. The summed E-state index contributed by atoms with van der Waals surface area (Å²) in [6, 6.07) is 13.5. The molecule has 0 radical (unpaired) electrons. The average Bonchev–Trinajstić information content (AvgIpc) is 2.64. The van der Waals surface area contributed by atoms with E-state index in [0.29, 0.717) is 22.8 Å². The standard InChI is InChI=1S/C20H20N4O3/c1-13-4-9-19(27-3)18(10-13)23-12-15(11-21)20(26)24(14(2)25)17-7-5-16(22)6-8-17/h4-10,12,23H,22H2,1-3H3/b15-12-. The first-order chi connectivity index (χ1) is 12.9. The summed E-state index contributed by atoms with van der Waals surface area (Å²) in [4.78, 5) is 25.7. The lowest BCUT2D eigenvalue weighted by molar-refractivity contribution is -0.123. The van der Waals surface area contributed by atoms with Crippen LogP contribution in [0.25, 0.3) is 0 Å². The van der Waals surface area contributed by atoms with Crippen LogP contribution < -0.4 is 20.7 Å². The molecule has 0 aliphatic carbocycles. The molecule has 0 aliphatic rings. The van der Waals surface area contributed by atoms with Crippen molar-refractivity contribution in [1.29, 1.82) is 5.26 Å². The number of benzene rings is 2. The first kappa shape index (κ1) is 19.5. The lowest BCUT2D eigenvalue weighted by atomic mass is 10.2. The Labute approximate surface area is 157 Å². The van der Waals surface area contributed by atoms with Crippen LogP contribution in [0.5, 0.6) is 5.75 Å². The summed E-state index contributed by atoms with van der Waals surface area (Å²) in [5.74, 6) is -0.698. The third-order valence-electron chi connectivity index (χ3n) is 3.75. The molecular weight excluding hydrogens is 344 g/mol. The van der Waals surface area contributed by atoms with Gasteiger partial charge in [-0.3, -0.25) is 9.59 Å². The average molecular weight is 364 g/mol. The Kier molecular flexibility index (Phi) is 6.18. The topological polar surface area (TPSA) is 108 Å². The third kappa shape index (κ3) is 4.64. The number of imide groups is 1. The van der Waals surface area contributed by atoms with Crippen LogP contribution >= 0.6 is 0 Å². The maximum Gasteiger partial charge on any atom is 0.277 e. The van der Waals surface area contributed by atoms with Gasteiger partial charge >= 0.3 is 0 Å². The molecule has 0 fully saturated rings. The lowest BCUT2D eigenvalue weighted by Crippen LogP contribution is -2.36. The van der Waals surface area contributed by atoms with Crippen LogP contribution in [0.2, 0.25) is 0 Å². The molecule has 0 atom stereocenters. The fraction of sp³-hybridized carbons (Fsp3) is 0.150. The van der Waals surface area contributed by atoms with E-state index in [1.807, 2.05) is 25.1 Å². The smallest absolute Gasteiger partial charge is 0.277 e. The van der Waals surface area contributed by atoms with Crippen LogP contribution in [0.15, 0.2) is 54.2 Å². The molecule has 0 aliphatic heterocycles. The molecular formula is C20H20N4O3. The second-order valence-electron chi connectivity index (χ2n) is 5.77. The van der Waals surface area contributed by atoms with E-state index in [4.69, 9.17) is 10.5 Å². The summed E-state index contributed by atoms with van der Waals surface area (Å²) < 4.78 is 5.26. The van der Waals surface area contributed by atoms with Crippen LogP contribution in [0.4, 0.5) is 17.1 Å². The van der Waals surface area contributed by atoms with Crippen molar-refractivity contribution in [3.63, 3.8) is 0 Å². The summed E-state index contributed by atoms with van der Waals surface area (Å²) in [6.45, 7) is 3.16. The molecule has 3 N–H and O–H groups in total. The summed E-state index contributed by atoms with van der Waals surface area (Å²) in [5.41, 5.74) is 7.81. The van der Waals surface area contributed by atoms with Gasteiger partial charge in [-0.15, -0.1) is 0 Å². The first-order valence-corrected chi connectivity index (χ1v) is 8.09. The van der Waals surface area contributed by atoms with Gasteiger partial charge in [0, 0.05) is 18.8 Å². The zero-order valence-corrected chi connectivity index (χ0v) is 15.3. The van der Waals surface area contributed by atoms with Crippen molar-refractivity contribution in [1.82, 2.24) is 0 Å². The number of nitriles is 1. The SMILES string of the molecule is COc1ccc(C)cc1N/C=C(/C#N)C(=O)N(C(C)=O)c1ccc(N)cc1. The van der Waals surface area contributed by atoms with E-state index in [-0.39, 0.29) is 5.57 Å².